The molecular formula is C36H58S2Si. The fourth-order valence-corrected chi connectivity index (χ4v) is 23.0. The highest BCUT2D eigenvalue weighted by atomic mass is 32.2. The van der Waals surface area contributed by atoms with Crippen molar-refractivity contribution in [1.29, 1.82) is 0 Å². The highest BCUT2D eigenvalue weighted by Gasteiger charge is 2.63. The predicted molar refractivity (Wildman–Crippen MR) is 177 cm³/mol. The van der Waals surface area contributed by atoms with Gasteiger partial charge < -0.3 is 0 Å². The topological polar surface area (TPSA) is 0 Å². The number of allylic oxidation sites excluding steroid dienone is 4. The minimum atomic E-state index is -1.46. The predicted octanol–water partition coefficient (Wildman–Crippen LogP) is 11.4. The van der Waals surface area contributed by atoms with Crippen molar-refractivity contribution in [3.63, 3.8) is 0 Å². The zero-order valence-corrected chi connectivity index (χ0v) is 28.9. The lowest BCUT2D eigenvalue weighted by Gasteiger charge is -2.54. The van der Waals surface area contributed by atoms with Gasteiger partial charge in [-0.3, -0.25) is 0 Å². The van der Waals surface area contributed by atoms with Gasteiger partial charge in [0.2, 0.25) is 0 Å². The molecule has 5 fully saturated rings. The average molecular weight is 583 g/mol. The summed E-state index contributed by atoms with van der Waals surface area (Å²) in [6.45, 7) is 18.2. The van der Waals surface area contributed by atoms with Gasteiger partial charge in [0.1, 0.15) is 0 Å². The molecule has 3 heteroatoms. The van der Waals surface area contributed by atoms with E-state index in [0.29, 0.717) is 5.41 Å². The van der Waals surface area contributed by atoms with Crippen molar-refractivity contribution < 1.29 is 0 Å². The van der Waals surface area contributed by atoms with Crippen LogP contribution in [0.25, 0.3) is 0 Å². The van der Waals surface area contributed by atoms with Gasteiger partial charge in [-0.05, 0) is 138 Å². The Morgan fingerprint density at radius 1 is 0.692 bits per heavy atom. The maximum Gasteiger partial charge on any atom is 0.0563 e. The second kappa shape index (κ2) is 10.2. The molecule has 0 spiro atoms. The summed E-state index contributed by atoms with van der Waals surface area (Å²) in [5, 5.41) is 1.79. The summed E-state index contributed by atoms with van der Waals surface area (Å²) in [6.07, 6.45) is 22.6. The van der Waals surface area contributed by atoms with Gasteiger partial charge in [0.25, 0.3) is 0 Å². The fourth-order valence-electron chi connectivity index (χ4n) is 12.6. The van der Waals surface area contributed by atoms with Crippen molar-refractivity contribution in [2.24, 2.45) is 58.7 Å². The third-order valence-electron chi connectivity index (χ3n) is 14.2. The number of hydrogen-bond acceptors (Lipinski definition) is 2. The maximum atomic E-state index is 2.92. The van der Waals surface area contributed by atoms with Crippen LogP contribution in [-0.4, -0.2) is 18.6 Å². The molecule has 2 aliphatic heterocycles. The lowest BCUT2D eigenvalue weighted by molar-refractivity contribution is -0.0284. The van der Waals surface area contributed by atoms with Crippen LogP contribution in [0.3, 0.4) is 0 Å². The first-order valence-electron chi connectivity index (χ1n) is 17.2. The van der Waals surface area contributed by atoms with Crippen molar-refractivity contribution in [2.75, 3.05) is 0 Å². The molecular weight excluding hydrogens is 525 g/mol. The molecule has 2 heterocycles. The zero-order valence-electron chi connectivity index (χ0n) is 26.3. The van der Waals surface area contributed by atoms with Crippen LogP contribution >= 0.6 is 23.5 Å². The second-order valence-corrected chi connectivity index (χ2v) is 25.1. The van der Waals surface area contributed by atoms with E-state index in [4.69, 9.17) is 0 Å². The molecule has 0 saturated heterocycles. The highest BCUT2D eigenvalue weighted by molar-refractivity contribution is 8.05. The molecule has 0 aromatic rings. The normalized spacial score (nSPS) is 49.7. The Morgan fingerprint density at radius 3 is 1.92 bits per heavy atom. The van der Waals surface area contributed by atoms with Crippen LogP contribution in [0.4, 0.5) is 0 Å². The molecule has 0 bridgehead atoms. The van der Waals surface area contributed by atoms with E-state index in [-0.39, 0.29) is 0 Å². The van der Waals surface area contributed by atoms with Gasteiger partial charge in [-0.1, -0.05) is 71.7 Å². The summed E-state index contributed by atoms with van der Waals surface area (Å²) in [5.74, 6) is 9.10. The third-order valence-corrected chi connectivity index (χ3v) is 22.5. The summed E-state index contributed by atoms with van der Waals surface area (Å²) in [7, 11) is -1.46. The molecule has 218 valence electrons. The largest absolute Gasteiger partial charge is 0.127 e. The highest BCUT2D eigenvalue weighted by Crippen LogP contribution is 2.70. The standard InChI is InChI=1S/C36H58S2Si/c1-21-18-29-30-19-22(2)38-34(30)35(33(29)37-21)39(6,7)31-17-16-27-28(31)20-24-10-8-9-11-26(24)32(27)23-12-14-25(15-13-23)36(3,4)5/h18-19,23-35H,8-17,20H2,1-7H3. The van der Waals surface area contributed by atoms with Crippen molar-refractivity contribution in [3.8, 4) is 0 Å². The third kappa shape index (κ3) is 4.67. The molecule has 10 unspecified atom stereocenters. The second-order valence-electron chi connectivity index (χ2n) is 17.2. The molecule has 7 rings (SSSR count). The van der Waals surface area contributed by atoms with Gasteiger partial charge in [0.15, 0.2) is 0 Å². The molecule has 0 amide bonds. The van der Waals surface area contributed by atoms with Crippen LogP contribution in [-0.2, 0) is 0 Å². The van der Waals surface area contributed by atoms with Gasteiger partial charge in [-0.2, -0.15) is 0 Å². The van der Waals surface area contributed by atoms with Crippen LogP contribution in [0, 0.1) is 58.7 Å². The Labute approximate surface area is 251 Å². The van der Waals surface area contributed by atoms with Crippen LogP contribution in [0.15, 0.2) is 22.0 Å². The van der Waals surface area contributed by atoms with Crippen molar-refractivity contribution in [3.05, 3.63) is 22.0 Å². The quantitative estimate of drug-likeness (QED) is 0.304. The number of hydrogen-bond donors (Lipinski definition) is 0. The first-order valence-corrected chi connectivity index (χ1v) is 22.2. The molecule has 0 N–H and O–H groups in total. The monoisotopic (exact) mass is 582 g/mol. The van der Waals surface area contributed by atoms with Gasteiger partial charge >= 0.3 is 0 Å². The van der Waals surface area contributed by atoms with Gasteiger partial charge in [0.05, 0.1) is 8.07 Å². The molecule has 0 aromatic carbocycles. The molecule has 5 aliphatic carbocycles. The smallest absolute Gasteiger partial charge is 0.0563 e. The summed E-state index contributed by atoms with van der Waals surface area (Å²) in [4.78, 5) is 3.28. The van der Waals surface area contributed by atoms with E-state index < -0.39 is 8.07 Å². The molecule has 10 atom stereocenters. The number of fused-ring (bicyclic) bond motifs is 5. The number of thioether (sulfide) groups is 2. The minimum absolute atomic E-state index is 0.509. The van der Waals surface area contributed by atoms with Crippen LogP contribution in [0.5, 0.6) is 0 Å². The van der Waals surface area contributed by atoms with E-state index in [1.54, 1.807) is 54.8 Å². The van der Waals surface area contributed by atoms with E-state index in [9.17, 15) is 0 Å². The minimum Gasteiger partial charge on any atom is -0.127 e. The summed E-state index contributed by atoms with van der Waals surface area (Å²) in [6, 6.07) is 0. The lowest BCUT2D eigenvalue weighted by atomic mass is 9.53. The molecule has 0 nitrogen and oxygen atoms in total. The Hall–Kier alpha value is 0.397. The van der Waals surface area contributed by atoms with Crippen molar-refractivity contribution in [1.82, 2.24) is 0 Å². The van der Waals surface area contributed by atoms with E-state index in [0.717, 1.165) is 74.8 Å². The Morgan fingerprint density at radius 2 is 1.31 bits per heavy atom. The van der Waals surface area contributed by atoms with Gasteiger partial charge in [-0.15, -0.1) is 23.5 Å². The SMILES string of the molecule is CC1=CC2C3C=C(C)SC3C([Si](C)(C)C3CCC4C3CC3CCCCC3C4C3CCC(C(C)(C)C)CC3)C2S1. The Kier molecular flexibility index (Phi) is 7.40. The average Bonchev–Trinajstić information content (AvgIpc) is 3.62. The van der Waals surface area contributed by atoms with Gasteiger partial charge in [-0.25, -0.2) is 0 Å². The first-order chi connectivity index (χ1) is 18.5. The van der Waals surface area contributed by atoms with Crippen LogP contribution < -0.4 is 0 Å². The Balaban J connectivity index is 1.16. The summed E-state index contributed by atoms with van der Waals surface area (Å²) in [5.41, 5.74) is 2.60. The van der Waals surface area contributed by atoms with E-state index >= 15 is 0 Å². The molecule has 7 aliphatic rings. The molecule has 39 heavy (non-hydrogen) atoms. The van der Waals surface area contributed by atoms with E-state index in [1.165, 1.54) is 25.7 Å². The van der Waals surface area contributed by atoms with Crippen LogP contribution in [0.1, 0.15) is 105 Å². The van der Waals surface area contributed by atoms with Crippen molar-refractivity contribution in [2.45, 2.75) is 140 Å². The fraction of sp³-hybridized carbons (Fsp3) is 0.889. The van der Waals surface area contributed by atoms with E-state index in [1.807, 2.05) is 0 Å². The maximum absolute atomic E-state index is 2.92. The van der Waals surface area contributed by atoms with Gasteiger partial charge in [0, 0.05) is 10.5 Å². The van der Waals surface area contributed by atoms with E-state index in [2.05, 4.69) is 83.4 Å². The molecule has 5 saturated carbocycles. The Bertz CT molecular complexity index is 964. The number of rotatable bonds is 3. The summed E-state index contributed by atoms with van der Waals surface area (Å²) < 4.78 is 0. The summed E-state index contributed by atoms with van der Waals surface area (Å²) >= 11 is 4.63. The molecule has 0 radical (unpaired) electrons. The van der Waals surface area contributed by atoms with Crippen LogP contribution in [0.2, 0.25) is 24.2 Å². The van der Waals surface area contributed by atoms with Crippen molar-refractivity contribution >= 4 is 31.6 Å². The zero-order chi connectivity index (χ0) is 27.3. The lowest BCUT2D eigenvalue weighted by Crippen LogP contribution is -2.50. The first kappa shape index (κ1) is 28.2. The molecule has 0 aromatic heterocycles.